The summed E-state index contributed by atoms with van der Waals surface area (Å²) in [6.45, 7) is 4.24. The summed E-state index contributed by atoms with van der Waals surface area (Å²) in [6, 6.07) is 4.88. The van der Waals surface area contributed by atoms with E-state index in [4.69, 9.17) is 0 Å². The van der Waals surface area contributed by atoms with Gasteiger partial charge in [-0.05, 0) is 42.5 Å². The second-order valence-electron chi connectivity index (χ2n) is 4.84. The summed E-state index contributed by atoms with van der Waals surface area (Å²) in [5.74, 6) is 0.0439. The standard InChI is InChI=1S/C15H22BrFO/c1-3-5-11(6-4-2)15(18)10-12-9-13(16)7-8-14(12)17/h7-9,11,15,18H,3-6,10H2,1-2H3. The van der Waals surface area contributed by atoms with Crippen LogP contribution in [0.2, 0.25) is 0 Å². The Morgan fingerprint density at radius 3 is 2.39 bits per heavy atom. The molecule has 0 spiro atoms. The number of hydrogen-bond acceptors (Lipinski definition) is 1. The van der Waals surface area contributed by atoms with E-state index in [1.54, 1.807) is 12.1 Å². The second kappa shape index (κ2) is 7.90. The molecule has 1 rings (SSSR count). The normalized spacial score (nSPS) is 13.0. The molecule has 1 N–H and O–H groups in total. The predicted octanol–water partition coefficient (Wildman–Crippen LogP) is 4.71. The van der Waals surface area contributed by atoms with Crippen molar-refractivity contribution < 1.29 is 9.50 Å². The van der Waals surface area contributed by atoms with E-state index in [1.807, 2.05) is 0 Å². The molecule has 0 bridgehead atoms. The fourth-order valence-corrected chi connectivity index (χ4v) is 2.77. The average molecular weight is 317 g/mol. The third-order valence-electron chi connectivity index (χ3n) is 3.30. The maximum absolute atomic E-state index is 13.6. The molecule has 0 amide bonds. The molecular formula is C15H22BrFO. The van der Waals surface area contributed by atoms with Gasteiger partial charge in [-0.1, -0.05) is 42.6 Å². The number of hydrogen-bond donors (Lipinski definition) is 1. The molecule has 0 aliphatic carbocycles. The monoisotopic (exact) mass is 316 g/mol. The third kappa shape index (κ3) is 4.69. The van der Waals surface area contributed by atoms with E-state index in [9.17, 15) is 9.50 Å². The zero-order valence-electron chi connectivity index (χ0n) is 11.1. The SMILES string of the molecule is CCCC(CCC)C(O)Cc1cc(Br)ccc1F. The molecule has 0 saturated heterocycles. The van der Waals surface area contributed by atoms with Crippen molar-refractivity contribution in [1.82, 2.24) is 0 Å². The summed E-state index contributed by atoms with van der Waals surface area (Å²) in [5.41, 5.74) is 0.592. The number of halogens is 2. The quantitative estimate of drug-likeness (QED) is 0.772. The maximum atomic E-state index is 13.6. The molecule has 0 fully saturated rings. The molecule has 18 heavy (non-hydrogen) atoms. The van der Waals surface area contributed by atoms with Gasteiger partial charge in [0.25, 0.3) is 0 Å². The summed E-state index contributed by atoms with van der Waals surface area (Å²) in [5, 5.41) is 10.3. The zero-order valence-corrected chi connectivity index (χ0v) is 12.7. The molecule has 102 valence electrons. The highest BCUT2D eigenvalue weighted by Crippen LogP contribution is 2.23. The van der Waals surface area contributed by atoms with Gasteiger partial charge in [-0.2, -0.15) is 0 Å². The molecule has 1 aromatic carbocycles. The molecule has 1 aromatic rings. The number of benzene rings is 1. The highest BCUT2D eigenvalue weighted by atomic mass is 79.9. The largest absolute Gasteiger partial charge is 0.392 e. The minimum Gasteiger partial charge on any atom is -0.392 e. The van der Waals surface area contributed by atoms with Crippen molar-refractivity contribution in [2.45, 2.75) is 52.1 Å². The Morgan fingerprint density at radius 2 is 1.83 bits per heavy atom. The van der Waals surface area contributed by atoms with Gasteiger partial charge in [0, 0.05) is 10.9 Å². The first-order chi connectivity index (χ1) is 8.58. The van der Waals surface area contributed by atoms with Crippen LogP contribution in [0.5, 0.6) is 0 Å². The molecule has 1 atom stereocenters. The summed E-state index contributed by atoms with van der Waals surface area (Å²) in [7, 11) is 0. The smallest absolute Gasteiger partial charge is 0.126 e. The number of aliphatic hydroxyl groups excluding tert-OH is 1. The summed E-state index contributed by atoms with van der Waals surface area (Å²) in [6.07, 6.45) is 4.07. The first kappa shape index (κ1) is 15.6. The molecule has 1 unspecified atom stereocenters. The summed E-state index contributed by atoms with van der Waals surface area (Å²) >= 11 is 3.34. The third-order valence-corrected chi connectivity index (χ3v) is 3.79. The van der Waals surface area contributed by atoms with E-state index in [0.717, 1.165) is 30.2 Å². The van der Waals surface area contributed by atoms with Crippen LogP contribution in [0.4, 0.5) is 4.39 Å². The minimum absolute atomic E-state index is 0.232. The average Bonchev–Trinajstić information content (AvgIpc) is 2.33. The molecule has 0 aliphatic heterocycles. The lowest BCUT2D eigenvalue weighted by Crippen LogP contribution is -2.23. The van der Waals surface area contributed by atoms with Crippen molar-refractivity contribution >= 4 is 15.9 Å². The molecule has 1 nitrogen and oxygen atoms in total. The van der Waals surface area contributed by atoms with Gasteiger partial charge < -0.3 is 5.11 Å². The maximum Gasteiger partial charge on any atom is 0.126 e. The minimum atomic E-state index is -0.450. The summed E-state index contributed by atoms with van der Waals surface area (Å²) < 4.78 is 14.5. The molecular weight excluding hydrogens is 295 g/mol. The Bertz CT molecular complexity index is 362. The fourth-order valence-electron chi connectivity index (χ4n) is 2.36. The Kier molecular flexibility index (Phi) is 6.87. The molecule has 0 aliphatic rings. The highest BCUT2D eigenvalue weighted by molar-refractivity contribution is 9.10. The predicted molar refractivity (Wildman–Crippen MR) is 77.1 cm³/mol. The lowest BCUT2D eigenvalue weighted by atomic mass is 9.89. The van der Waals surface area contributed by atoms with Gasteiger partial charge in [0.15, 0.2) is 0 Å². The van der Waals surface area contributed by atoms with E-state index in [2.05, 4.69) is 29.8 Å². The fraction of sp³-hybridized carbons (Fsp3) is 0.600. The Morgan fingerprint density at radius 1 is 1.22 bits per heavy atom. The molecule has 0 saturated carbocycles. The van der Waals surface area contributed by atoms with Crippen LogP contribution in [-0.4, -0.2) is 11.2 Å². The molecule has 0 heterocycles. The van der Waals surface area contributed by atoms with E-state index in [-0.39, 0.29) is 11.7 Å². The molecule has 0 radical (unpaired) electrons. The van der Waals surface area contributed by atoms with Crippen LogP contribution in [-0.2, 0) is 6.42 Å². The topological polar surface area (TPSA) is 20.2 Å². The highest BCUT2D eigenvalue weighted by Gasteiger charge is 2.19. The Labute approximate surface area is 118 Å². The summed E-state index contributed by atoms with van der Waals surface area (Å²) in [4.78, 5) is 0. The number of rotatable bonds is 7. The van der Waals surface area contributed by atoms with Gasteiger partial charge in [-0.3, -0.25) is 0 Å². The van der Waals surface area contributed by atoms with E-state index >= 15 is 0 Å². The first-order valence-corrected chi connectivity index (χ1v) is 7.49. The van der Waals surface area contributed by atoms with Gasteiger partial charge in [-0.15, -0.1) is 0 Å². The molecule has 3 heteroatoms. The van der Waals surface area contributed by atoms with Gasteiger partial charge in [-0.25, -0.2) is 4.39 Å². The van der Waals surface area contributed by atoms with E-state index in [1.165, 1.54) is 6.07 Å². The van der Waals surface area contributed by atoms with Crippen LogP contribution in [0.3, 0.4) is 0 Å². The van der Waals surface area contributed by atoms with Gasteiger partial charge >= 0.3 is 0 Å². The first-order valence-electron chi connectivity index (χ1n) is 6.70. The van der Waals surface area contributed by atoms with Crippen LogP contribution in [0.1, 0.15) is 45.1 Å². The van der Waals surface area contributed by atoms with Crippen molar-refractivity contribution in [3.05, 3.63) is 34.1 Å². The second-order valence-corrected chi connectivity index (χ2v) is 5.76. The van der Waals surface area contributed by atoms with Crippen LogP contribution in [0.15, 0.2) is 22.7 Å². The lowest BCUT2D eigenvalue weighted by molar-refractivity contribution is 0.0955. The Hall–Kier alpha value is -0.410. The van der Waals surface area contributed by atoms with Crippen molar-refractivity contribution in [2.24, 2.45) is 5.92 Å². The van der Waals surface area contributed by atoms with Crippen LogP contribution < -0.4 is 0 Å². The van der Waals surface area contributed by atoms with Gasteiger partial charge in [0.1, 0.15) is 5.82 Å². The Balaban J connectivity index is 2.71. The van der Waals surface area contributed by atoms with Crippen molar-refractivity contribution in [3.63, 3.8) is 0 Å². The van der Waals surface area contributed by atoms with Crippen molar-refractivity contribution in [3.8, 4) is 0 Å². The zero-order chi connectivity index (χ0) is 13.5. The van der Waals surface area contributed by atoms with Crippen LogP contribution in [0, 0.1) is 11.7 Å². The molecule has 0 aromatic heterocycles. The van der Waals surface area contributed by atoms with E-state index in [0.29, 0.717) is 12.0 Å². The number of aliphatic hydroxyl groups is 1. The van der Waals surface area contributed by atoms with Gasteiger partial charge in [0.05, 0.1) is 6.10 Å². The van der Waals surface area contributed by atoms with Gasteiger partial charge in [0.2, 0.25) is 0 Å². The van der Waals surface area contributed by atoms with Crippen LogP contribution in [0.25, 0.3) is 0 Å². The lowest BCUT2D eigenvalue weighted by Gasteiger charge is -2.22. The van der Waals surface area contributed by atoms with Crippen LogP contribution >= 0.6 is 15.9 Å². The van der Waals surface area contributed by atoms with E-state index < -0.39 is 6.10 Å². The van der Waals surface area contributed by atoms with Crippen molar-refractivity contribution in [1.29, 1.82) is 0 Å². The van der Waals surface area contributed by atoms with Crippen molar-refractivity contribution in [2.75, 3.05) is 0 Å².